The van der Waals surface area contributed by atoms with Crippen molar-refractivity contribution < 1.29 is 0 Å². The number of pyridine rings is 2. The number of benzene rings is 5. The summed E-state index contributed by atoms with van der Waals surface area (Å²) in [4.78, 5) is 9.69. The van der Waals surface area contributed by atoms with Crippen LogP contribution in [0.3, 0.4) is 0 Å². The molecule has 3 aromatic heterocycles. The summed E-state index contributed by atoms with van der Waals surface area (Å²) in [6, 6.07) is 45.7. The van der Waals surface area contributed by atoms with Crippen LogP contribution in [0, 0.1) is 0 Å². The van der Waals surface area contributed by atoms with E-state index >= 15 is 0 Å². The van der Waals surface area contributed by atoms with Gasteiger partial charge in [0.25, 0.3) is 0 Å². The normalized spacial score (nSPS) is 11.9. The Labute approximate surface area is 237 Å². The number of aromatic nitrogens is 3. The molecule has 3 heteroatoms. The van der Waals surface area contributed by atoms with Crippen LogP contribution in [-0.4, -0.2) is 14.5 Å². The van der Waals surface area contributed by atoms with E-state index in [1.54, 1.807) is 0 Å². The Balaban J connectivity index is 1.42. The maximum absolute atomic E-state index is 4.85. The van der Waals surface area contributed by atoms with Crippen molar-refractivity contribution in [1.29, 1.82) is 0 Å². The van der Waals surface area contributed by atoms with Gasteiger partial charge in [-0.1, -0.05) is 91.0 Å². The smallest absolute Gasteiger partial charge is 0.0971 e. The lowest BCUT2D eigenvalue weighted by Crippen LogP contribution is -2.01. The van der Waals surface area contributed by atoms with Crippen molar-refractivity contribution in [3.8, 4) is 50.2 Å². The molecular formula is C38H23N3. The van der Waals surface area contributed by atoms with E-state index in [2.05, 4.69) is 120 Å². The predicted molar refractivity (Wildman–Crippen MR) is 169 cm³/mol. The summed E-state index contributed by atoms with van der Waals surface area (Å²) in [6.07, 6.45) is 3.89. The summed E-state index contributed by atoms with van der Waals surface area (Å²) in [5.41, 5.74) is 14.8. The molecule has 0 spiro atoms. The fraction of sp³-hybridized carbons (Fsp3) is 0. The number of nitrogens with zero attached hydrogens (tertiary/aromatic N) is 3. The molecule has 41 heavy (non-hydrogen) atoms. The highest BCUT2D eigenvalue weighted by atomic mass is 15.0. The van der Waals surface area contributed by atoms with Gasteiger partial charge in [0.15, 0.2) is 0 Å². The Morgan fingerprint density at radius 1 is 0.439 bits per heavy atom. The van der Waals surface area contributed by atoms with E-state index in [-0.39, 0.29) is 0 Å². The molecule has 5 aromatic carbocycles. The van der Waals surface area contributed by atoms with Gasteiger partial charge in [-0.25, -0.2) is 0 Å². The Morgan fingerprint density at radius 2 is 1.02 bits per heavy atom. The molecule has 0 amide bonds. The lowest BCUT2D eigenvalue weighted by atomic mass is 9.81. The van der Waals surface area contributed by atoms with Gasteiger partial charge in [-0.15, -0.1) is 0 Å². The van der Waals surface area contributed by atoms with E-state index in [0.29, 0.717) is 0 Å². The topological polar surface area (TPSA) is 30.7 Å². The molecule has 3 nitrogen and oxygen atoms in total. The Kier molecular flexibility index (Phi) is 4.61. The minimum atomic E-state index is 0.901. The Bertz CT molecular complexity index is 2270. The number of hydrogen-bond donors (Lipinski definition) is 0. The molecule has 8 aromatic rings. The summed E-state index contributed by atoms with van der Waals surface area (Å²) < 4.78 is 2.40. The van der Waals surface area contributed by atoms with Crippen LogP contribution < -0.4 is 0 Å². The van der Waals surface area contributed by atoms with Crippen molar-refractivity contribution >= 4 is 32.8 Å². The van der Waals surface area contributed by atoms with Gasteiger partial charge >= 0.3 is 0 Å². The van der Waals surface area contributed by atoms with Gasteiger partial charge in [0.1, 0.15) is 0 Å². The van der Waals surface area contributed by atoms with Crippen molar-refractivity contribution in [2.45, 2.75) is 0 Å². The standard InChI is InChI=1S/C38H23N3/c1-2-11-26-25(10-1)28-20-19-24(41-35-17-7-5-13-29(35)30-14-6-8-18-36(30)41)22-32(28)27-12-3-4-15-31(27)37-33(26)23-40-34-16-9-21-39-38(34)37/h1-23H. The van der Waals surface area contributed by atoms with Crippen LogP contribution in [0.15, 0.2) is 140 Å². The quantitative estimate of drug-likeness (QED) is 0.215. The number of fused-ring (bicyclic) bond motifs is 13. The molecule has 0 aliphatic heterocycles. The Morgan fingerprint density at radius 3 is 1.76 bits per heavy atom. The van der Waals surface area contributed by atoms with Crippen LogP contribution in [0.25, 0.3) is 83.0 Å². The highest BCUT2D eigenvalue weighted by Gasteiger charge is 2.25. The molecule has 0 unspecified atom stereocenters. The van der Waals surface area contributed by atoms with E-state index in [0.717, 1.165) is 27.8 Å². The first kappa shape index (κ1) is 22.3. The maximum atomic E-state index is 4.85. The maximum Gasteiger partial charge on any atom is 0.0971 e. The van der Waals surface area contributed by atoms with Crippen molar-refractivity contribution in [3.05, 3.63) is 140 Å². The Hall–Kier alpha value is -5.54. The van der Waals surface area contributed by atoms with Gasteiger partial charge in [-0.3, -0.25) is 9.97 Å². The molecule has 0 N–H and O–H groups in total. The van der Waals surface area contributed by atoms with Crippen LogP contribution in [-0.2, 0) is 0 Å². The molecule has 0 fully saturated rings. The van der Waals surface area contributed by atoms with Crippen LogP contribution in [0.4, 0.5) is 0 Å². The summed E-state index contributed by atoms with van der Waals surface area (Å²) in [5.74, 6) is 0. The summed E-state index contributed by atoms with van der Waals surface area (Å²) >= 11 is 0. The molecule has 0 saturated carbocycles. The van der Waals surface area contributed by atoms with Crippen molar-refractivity contribution in [1.82, 2.24) is 14.5 Å². The van der Waals surface area contributed by atoms with E-state index < -0.39 is 0 Å². The first-order valence-corrected chi connectivity index (χ1v) is 13.9. The second-order valence-electron chi connectivity index (χ2n) is 10.6. The van der Waals surface area contributed by atoms with Crippen LogP contribution in [0.1, 0.15) is 0 Å². The molecule has 1 aliphatic rings. The lowest BCUT2D eigenvalue weighted by Gasteiger charge is -2.24. The first-order chi connectivity index (χ1) is 20.4. The molecule has 0 radical (unpaired) electrons. The second-order valence-corrected chi connectivity index (χ2v) is 10.6. The van der Waals surface area contributed by atoms with Crippen LogP contribution >= 0.6 is 0 Å². The van der Waals surface area contributed by atoms with E-state index in [1.807, 2.05) is 24.5 Å². The second kappa shape index (κ2) is 8.48. The van der Waals surface area contributed by atoms with E-state index in [4.69, 9.17) is 9.97 Å². The monoisotopic (exact) mass is 521 g/mol. The number of rotatable bonds is 1. The van der Waals surface area contributed by atoms with Crippen molar-refractivity contribution in [3.63, 3.8) is 0 Å². The minimum absolute atomic E-state index is 0.901. The number of para-hydroxylation sites is 2. The molecular weight excluding hydrogens is 498 g/mol. The highest BCUT2D eigenvalue weighted by Crippen LogP contribution is 2.49. The molecule has 3 heterocycles. The van der Waals surface area contributed by atoms with E-state index in [1.165, 1.54) is 55.2 Å². The van der Waals surface area contributed by atoms with Gasteiger partial charge < -0.3 is 4.57 Å². The molecule has 9 rings (SSSR count). The lowest BCUT2D eigenvalue weighted by molar-refractivity contribution is 1.18. The fourth-order valence-electron chi connectivity index (χ4n) is 6.72. The molecule has 0 atom stereocenters. The molecule has 0 bridgehead atoms. The summed E-state index contributed by atoms with van der Waals surface area (Å²) in [6.45, 7) is 0. The first-order valence-electron chi connectivity index (χ1n) is 13.9. The third-order valence-corrected chi connectivity index (χ3v) is 8.46. The fourth-order valence-corrected chi connectivity index (χ4v) is 6.72. The largest absolute Gasteiger partial charge is 0.309 e. The zero-order valence-electron chi connectivity index (χ0n) is 22.1. The van der Waals surface area contributed by atoms with Gasteiger partial charge in [0.2, 0.25) is 0 Å². The van der Waals surface area contributed by atoms with Crippen LogP contribution in [0.5, 0.6) is 0 Å². The molecule has 0 saturated heterocycles. The summed E-state index contributed by atoms with van der Waals surface area (Å²) in [5, 5.41) is 2.53. The SMILES string of the molecule is c1ccc2c(c1)-c1ccc(-n3c4ccccc4c4ccccc43)cc1-c1ccccc1-c1c-2cnc2cccnc12. The zero-order chi connectivity index (χ0) is 26.9. The minimum Gasteiger partial charge on any atom is -0.309 e. The number of hydrogen-bond acceptors (Lipinski definition) is 2. The summed E-state index contributed by atoms with van der Waals surface area (Å²) in [7, 11) is 0. The van der Waals surface area contributed by atoms with Gasteiger partial charge in [-0.05, 0) is 69.8 Å². The molecule has 190 valence electrons. The van der Waals surface area contributed by atoms with Gasteiger partial charge in [-0.2, -0.15) is 0 Å². The van der Waals surface area contributed by atoms with Gasteiger partial charge in [0, 0.05) is 40.0 Å². The zero-order valence-corrected chi connectivity index (χ0v) is 22.1. The van der Waals surface area contributed by atoms with Crippen molar-refractivity contribution in [2.75, 3.05) is 0 Å². The van der Waals surface area contributed by atoms with Crippen molar-refractivity contribution in [2.24, 2.45) is 0 Å². The third-order valence-electron chi connectivity index (χ3n) is 8.46. The van der Waals surface area contributed by atoms with E-state index in [9.17, 15) is 0 Å². The highest BCUT2D eigenvalue weighted by molar-refractivity contribution is 6.11. The average molecular weight is 522 g/mol. The molecule has 1 aliphatic carbocycles. The van der Waals surface area contributed by atoms with Gasteiger partial charge in [0.05, 0.1) is 22.1 Å². The average Bonchev–Trinajstić information content (AvgIpc) is 3.38. The third kappa shape index (κ3) is 3.14. The van der Waals surface area contributed by atoms with Crippen LogP contribution in [0.2, 0.25) is 0 Å². The predicted octanol–water partition coefficient (Wildman–Crippen LogP) is 9.71.